The molecule has 0 aliphatic heterocycles. The molecule has 0 amide bonds. The van der Waals surface area contributed by atoms with Crippen molar-refractivity contribution < 1.29 is 33.3 Å². The molecule has 0 aromatic rings. The molecule has 0 aliphatic rings. The van der Waals surface area contributed by atoms with E-state index in [2.05, 4.69) is 19.7 Å². The van der Waals surface area contributed by atoms with Crippen molar-refractivity contribution in [3.63, 3.8) is 0 Å². The van der Waals surface area contributed by atoms with Crippen molar-refractivity contribution in [3.05, 3.63) is 38.0 Å². The third-order valence-corrected chi connectivity index (χ3v) is 2.37. The minimum Gasteiger partial charge on any atom is -0.459 e. The number of hydrogen-bond donors (Lipinski definition) is 0. The first kappa shape index (κ1) is 18.6. The summed E-state index contributed by atoms with van der Waals surface area (Å²) in [7, 11) is 1.30. The monoisotopic (exact) mass is 298 g/mol. The standard InChI is InChI=1S/C14H18O7/c1-5-11(15)19-8-14(18-4,9-20-12(16)6-2)10-21-13(17)7-3/h5-7H,1-3,8-10H2,4H3. The highest BCUT2D eigenvalue weighted by molar-refractivity contribution is 5.82. The minimum atomic E-state index is -1.34. The van der Waals surface area contributed by atoms with Gasteiger partial charge in [-0.05, 0) is 0 Å². The fourth-order valence-corrected chi connectivity index (χ4v) is 1.09. The van der Waals surface area contributed by atoms with Crippen LogP contribution in [0.2, 0.25) is 0 Å². The van der Waals surface area contributed by atoms with E-state index in [0.717, 1.165) is 18.2 Å². The van der Waals surface area contributed by atoms with Crippen molar-refractivity contribution in [1.29, 1.82) is 0 Å². The molecule has 116 valence electrons. The minimum absolute atomic E-state index is 0.302. The van der Waals surface area contributed by atoms with Crippen molar-refractivity contribution in [3.8, 4) is 0 Å². The number of methoxy groups -OCH3 is 1. The van der Waals surface area contributed by atoms with Crippen LogP contribution in [-0.2, 0) is 33.3 Å². The lowest BCUT2D eigenvalue weighted by Crippen LogP contribution is -2.47. The van der Waals surface area contributed by atoms with E-state index in [-0.39, 0.29) is 19.8 Å². The van der Waals surface area contributed by atoms with Crippen LogP contribution in [0, 0.1) is 0 Å². The topological polar surface area (TPSA) is 88.1 Å². The van der Waals surface area contributed by atoms with E-state index in [9.17, 15) is 14.4 Å². The summed E-state index contributed by atoms with van der Waals surface area (Å²) >= 11 is 0. The largest absolute Gasteiger partial charge is 0.459 e. The van der Waals surface area contributed by atoms with Gasteiger partial charge in [0, 0.05) is 25.3 Å². The van der Waals surface area contributed by atoms with E-state index in [1.165, 1.54) is 7.11 Å². The van der Waals surface area contributed by atoms with E-state index in [4.69, 9.17) is 18.9 Å². The molecule has 0 spiro atoms. The molecule has 0 aliphatic carbocycles. The van der Waals surface area contributed by atoms with Crippen molar-refractivity contribution >= 4 is 17.9 Å². The van der Waals surface area contributed by atoms with Gasteiger partial charge in [0.2, 0.25) is 0 Å². The van der Waals surface area contributed by atoms with E-state index < -0.39 is 23.5 Å². The Kier molecular flexibility index (Phi) is 8.40. The summed E-state index contributed by atoms with van der Waals surface area (Å²) in [5.74, 6) is -2.08. The van der Waals surface area contributed by atoms with Crippen LogP contribution >= 0.6 is 0 Å². The van der Waals surface area contributed by atoms with Crippen molar-refractivity contribution in [2.45, 2.75) is 5.60 Å². The SMILES string of the molecule is C=CC(=O)OCC(COC(=O)C=C)(COC(=O)C=C)OC. The molecule has 0 unspecified atom stereocenters. The molecule has 0 fully saturated rings. The summed E-state index contributed by atoms with van der Waals surface area (Å²) in [6, 6.07) is 0. The Morgan fingerprint density at radius 2 is 1.10 bits per heavy atom. The molecule has 0 aromatic heterocycles. The molecule has 0 rings (SSSR count). The van der Waals surface area contributed by atoms with Gasteiger partial charge in [0.15, 0.2) is 5.60 Å². The Hall–Kier alpha value is -2.41. The maximum Gasteiger partial charge on any atom is 0.330 e. The Labute approximate surface area is 122 Å². The van der Waals surface area contributed by atoms with Crippen LogP contribution in [0.3, 0.4) is 0 Å². The number of carbonyl (C=O) groups excluding carboxylic acids is 3. The molecular weight excluding hydrogens is 280 g/mol. The van der Waals surface area contributed by atoms with Gasteiger partial charge in [-0.25, -0.2) is 14.4 Å². The van der Waals surface area contributed by atoms with Crippen LogP contribution < -0.4 is 0 Å². The third-order valence-electron chi connectivity index (χ3n) is 2.37. The highest BCUT2D eigenvalue weighted by Gasteiger charge is 2.35. The lowest BCUT2D eigenvalue weighted by Gasteiger charge is -2.30. The predicted molar refractivity (Wildman–Crippen MR) is 73.2 cm³/mol. The Morgan fingerprint density at radius 1 is 0.810 bits per heavy atom. The number of esters is 3. The summed E-state index contributed by atoms with van der Waals surface area (Å²) in [4.78, 5) is 33.4. The van der Waals surface area contributed by atoms with E-state index in [0.29, 0.717) is 0 Å². The number of ether oxygens (including phenoxy) is 4. The molecule has 7 heteroatoms. The highest BCUT2D eigenvalue weighted by atomic mass is 16.6. The first-order chi connectivity index (χ1) is 9.92. The molecule has 0 N–H and O–H groups in total. The van der Waals surface area contributed by atoms with Crippen LogP contribution in [0.15, 0.2) is 38.0 Å². The van der Waals surface area contributed by atoms with E-state index in [1.54, 1.807) is 0 Å². The smallest absolute Gasteiger partial charge is 0.330 e. The zero-order valence-corrected chi connectivity index (χ0v) is 11.8. The summed E-state index contributed by atoms with van der Waals surface area (Å²) in [6.45, 7) is 8.84. The number of rotatable bonds is 10. The molecule has 0 bridgehead atoms. The average Bonchev–Trinajstić information content (AvgIpc) is 2.53. The van der Waals surface area contributed by atoms with Crippen LogP contribution in [-0.4, -0.2) is 50.4 Å². The first-order valence-corrected chi connectivity index (χ1v) is 5.85. The number of carbonyl (C=O) groups is 3. The fraction of sp³-hybridized carbons (Fsp3) is 0.357. The molecule has 0 atom stereocenters. The molecule has 0 saturated heterocycles. The van der Waals surface area contributed by atoms with E-state index >= 15 is 0 Å². The average molecular weight is 298 g/mol. The van der Waals surface area contributed by atoms with Gasteiger partial charge in [0.25, 0.3) is 0 Å². The summed E-state index contributed by atoms with van der Waals surface area (Å²) in [6.07, 6.45) is 2.89. The van der Waals surface area contributed by atoms with Crippen LogP contribution in [0.1, 0.15) is 0 Å². The Bertz CT molecular complexity index is 365. The quantitative estimate of drug-likeness (QED) is 0.331. The zero-order valence-electron chi connectivity index (χ0n) is 11.8. The van der Waals surface area contributed by atoms with Crippen molar-refractivity contribution in [2.75, 3.05) is 26.9 Å². The van der Waals surface area contributed by atoms with Gasteiger partial charge < -0.3 is 18.9 Å². The lowest BCUT2D eigenvalue weighted by atomic mass is 10.1. The Balaban J connectivity index is 4.87. The van der Waals surface area contributed by atoms with Gasteiger partial charge in [-0.3, -0.25) is 0 Å². The van der Waals surface area contributed by atoms with Gasteiger partial charge in [0.05, 0.1) is 0 Å². The van der Waals surface area contributed by atoms with Gasteiger partial charge in [-0.1, -0.05) is 19.7 Å². The summed E-state index contributed by atoms with van der Waals surface area (Å²) in [5, 5.41) is 0. The fourth-order valence-electron chi connectivity index (χ4n) is 1.09. The van der Waals surface area contributed by atoms with Crippen LogP contribution in [0.5, 0.6) is 0 Å². The summed E-state index contributed by atoms with van der Waals surface area (Å²) < 4.78 is 19.8. The highest BCUT2D eigenvalue weighted by Crippen LogP contribution is 2.14. The normalized spacial score (nSPS) is 10.1. The van der Waals surface area contributed by atoms with Gasteiger partial charge in [0.1, 0.15) is 19.8 Å². The first-order valence-electron chi connectivity index (χ1n) is 5.85. The van der Waals surface area contributed by atoms with E-state index in [1.807, 2.05) is 0 Å². The van der Waals surface area contributed by atoms with Crippen LogP contribution in [0.25, 0.3) is 0 Å². The van der Waals surface area contributed by atoms with Crippen LogP contribution in [0.4, 0.5) is 0 Å². The maximum atomic E-state index is 11.1. The molecule has 7 nitrogen and oxygen atoms in total. The predicted octanol–water partition coefficient (Wildman–Crippen LogP) is 0.559. The Morgan fingerprint density at radius 3 is 1.29 bits per heavy atom. The zero-order chi connectivity index (χ0) is 16.3. The number of hydrogen-bond acceptors (Lipinski definition) is 7. The second kappa shape index (κ2) is 9.49. The van der Waals surface area contributed by atoms with Crippen molar-refractivity contribution in [2.24, 2.45) is 0 Å². The molecule has 0 radical (unpaired) electrons. The third kappa shape index (κ3) is 7.07. The molecule has 21 heavy (non-hydrogen) atoms. The second-order valence-electron chi connectivity index (χ2n) is 3.82. The second-order valence-corrected chi connectivity index (χ2v) is 3.82. The van der Waals surface area contributed by atoms with Gasteiger partial charge >= 0.3 is 17.9 Å². The molecular formula is C14H18O7. The van der Waals surface area contributed by atoms with Gasteiger partial charge in [-0.2, -0.15) is 0 Å². The van der Waals surface area contributed by atoms with Crippen molar-refractivity contribution in [1.82, 2.24) is 0 Å². The maximum absolute atomic E-state index is 11.1. The van der Waals surface area contributed by atoms with Gasteiger partial charge in [-0.15, -0.1) is 0 Å². The molecule has 0 aromatic carbocycles. The molecule has 0 heterocycles. The lowest BCUT2D eigenvalue weighted by molar-refractivity contribution is -0.175. The summed E-state index contributed by atoms with van der Waals surface area (Å²) in [5.41, 5.74) is -1.34. The molecule has 0 saturated carbocycles.